The van der Waals surface area contributed by atoms with Gasteiger partial charge in [0.05, 0.1) is 0 Å². The van der Waals surface area contributed by atoms with Gasteiger partial charge in [0, 0.05) is 50.9 Å². The van der Waals surface area contributed by atoms with Gasteiger partial charge in [0.2, 0.25) is 0 Å². The molecule has 124 valence electrons. The van der Waals surface area contributed by atoms with Crippen molar-refractivity contribution in [2.45, 2.75) is 12.8 Å². The lowest BCUT2D eigenvalue weighted by molar-refractivity contribution is 0.455. The highest BCUT2D eigenvalue weighted by molar-refractivity contribution is 14.0. The molecule has 1 aliphatic rings. The number of rotatable bonds is 5. The van der Waals surface area contributed by atoms with Crippen LogP contribution in [0.2, 0.25) is 0 Å². The van der Waals surface area contributed by atoms with Gasteiger partial charge in [-0.15, -0.1) is 24.0 Å². The molecule has 0 radical (unpaired) electrons. The summed E-state index contributed by atoms with van der Waals surface area (Å²) in [7, 11) is 4.12. The maximum atomic E-state index is 6.04. The molecule has 2 N–H and O–H groups in total. The average molecular weight is 434 g/mol. The first-order valence-electron chi connectivity index (χ1n) is 7.55. The van der Waals surface area contributed by atoms with Gasteiger partial charge in [0.15, 0.2) is 5.96 Å². The van der Waals surface area contributed by atoms with Gasteiger partial charge in [0.1, 0.15) is 0 Å². The van der Waals surface area contributed by atoms with Crippen molar-refractivity contribution < 1.29 is 0 Å². The third-order valence-electron chi connectivity index (χ3n) is 3.69. The molecule has 0 amide bonds. The van der Waals surface area contributed by atoms with Crippen LogP contribution < -0.4 is 10.6 Å². The summed E-state index contributed by atoms with van der Waals surface area (Å²) in [5.74, 6) is 3.04. The molecule has 1 saturated heterocycles. The van der Waals surface area contributed by atoms with E-state index in [0.717, 1.165) is 49.9 Å². The number of anilines is 1. The van der Waals surface area contributed by atoms with Gasteiger partial charge in [-0.2, -0.15) is 11.8 Å². The second kappa shape index (κ2) is 10.2. The van der Waals surface area contributed by atoms with Gasteiger partial charge < -0.3 is 15.5 Å². The summed E-state index contributed by atoms with van der Waals surface area (Å²) >= 11 is 1.99. The molecule has 4 nitrogen and oxygen atoms in total. The number of hydrogen-bond donors (Lipinski definition) is 1. The van der Waals surface area contributed by atoms with E-state index in [1.165, 1.54) is 11.3 Å². The van der Waals surface area contributed by atoms with Crippen LogP contribution in [0, 0.1) is 0 Å². The zero-order valence-electron chi connectivity index (χ0n) is 13.5. The van der Waals surface area contributed by atoms with Crippen LogP contribution in [0.4, 0.5) is 5.69 Å². The van der Waals surface area contributed by atoms with E-state index < -0.39 is 0 Å². The standard InChI is InChI=1S/C16H26N4S.HI/c1-19(2)15-7-5-14(6-8-15)4-3-9-18-16(17)20-10-12-21-13-11-20;/h5-8H,3-4,9-13H2,1-2H3,(H2,17,18);1H. The van der Waals surface area contributed by atoms with E-state index in [1.807, 2.05) is 11.8 Å². The third-order valence-corrected chi connectivity index (χ3v) is 4.63. The second-order valence-corrected chi connectivity index (χ2v) is 6.73. The minimum Gasteiger partial charge on any atom is -0.378 e. The second-order valence-electron chi connectivity index (χ2n) is 5.50. The number of guanidine groups is 1. The Bertz CT molecular complexity index is 456. The summed E-state index contributed by atoms with van der Waals surface area (Å²) in [6, 6.07) is 8.73. The van der Waals surface area contributed by atoms with E-state index in [-0.39, 0.29) is 24.0 Å². The Labute approximate surface area is 155 Å². The first-order valence-corrected chi connectivity index (χ1v) is 8.71. The Morgan fingerprint density at radius 2 is 1.86 bits per heavy atom. The fourth-order valence-corrected chi connectivity index (χ4v) is 3.23. The number of aryl methyl sites for hydroxylation is 1. The van der Waals surface area contributed by atoms with E-state index >= 15 is 0 Å². The molecule has 0 bridgehead atoms. The number of hydrogen-bond acceptors (Lipinski definition) is 3. The van der Waals surface area contributed by atoms with Crippen molar-refractivity contribution in [2.24, 2.45) is 10.7 Å². The minimum absolute atomic E-state index is 0. The monoisotopic (exact) mass is 434 g/mol. The maximum absolute atomic E-state index is 6.04. The van der Waals surface area contributed by atoms with Gasteiger partial charge >= 0.3 is 0 Å². The summed E-state index contributed by atoms with van der Waals surface area (Å²) in [6.07, 6.45) is 2.10. The first-order chi connectivity index (χ1) is 10.2. The van der Waals surface area contributed by atoms with Crippen molar-refractivity contribution in [1.82, 2.24) is 4.90 Å². The van der Waals surface area contributed by atoms with E-state index in [0.29, 0.717) is 0 Å². The van der Waals surface area contributed by atoms with Crippen LogP contribution in [0.5, 0.6) is 0 Å². The lowest BCUT2D eigenvalue weighted by Gasteiger charge is -2.27. The number of thioether (sulfide) groups is 1. The fourth-order valence-electron chi connectivity index (χ4n) is 2.33. The largest absolute Gasteiger partial charge is 0.378 e. The topological polar surface area (TPSA) is 44.9 Å². The molecule has 0 spiro atoms. The van der Waals surface area contributed by atoms with E-state index in [9.17, 15) is 0 Å². The molecule has 0 unspecified atom stereocenters. The Morgan fingerprint density at radius 1 is 1.23 bits per heavy atom. The normalized spacial score (nSPS) is 15.4. The number of nitrogens with two attached hydrogens (primary N) is 1. The molecule has 1 fully saturated rings. The van der Waals surface area contributed by atoms with Gasteiger partial charge in [-0.3, -0.25) is 4.99 Å². The van der Waals surface area contributed by atoms with Gasteiger partial charge in [-0.1, -0.05) is 12.1 Å². The van der Waals surface area contributed by atoms with Gasteiger partial charge in [-0.05, 0) is 30.5 Å². The van der Waals surface area contributed by atoms with E-state index in [4.69, 9.17) is 5.73 Å². The lowest BCUT2D eigenvalue weighted by atomic mass is 10.1. The van der Waals surface area contributed by atoms with E-state index in [1.54, 1.807) is 0 Å². The van der Waals surface area contributed by atoms with E-state index in [2.05, 4.69) is 53.2 Å². The van der Waals surface area contributed by atoms with Crippen LogP contribution in [0.1, 0.15) is 12.0 Å². The smallest absolute Gasteiger partial charge is 0.191 e. The third kappa shape index (κ3) is 6.24. The van der Waals surface area contributed by atoms with Crippen LogP contribution in [0.15, 0.2) is 29.3 Å². The van der Waals surface area contributed by atoms with Crippen LogP contribution in [0.3, 0.4) is 0 Å². The highest BCUT2D eigenvalue weighted by Gasteiger charge is 2.11. The number of benzene rings is 1. The molecular weight excluding hydrogens is 407 g/mol. The molecule has 1 aromatic carbocycles. The predicted octanol–water partition coefficient (Wildman–Crippen LogP) is 2.67. The zero-order valence-corrected chi connectivity index (χ0v) is 16.6. The molecule has 0 aromatic heterocycles. The van der Waals surface area contributed by atoms with Crippen molar-refractivity contribution in [3.05, 3.63) is 29.8 Å². The number of nitrogens with zero attached hydrogens (tertiary/aromatic N) is 3. The summed E-state index contributed by atoms with van der Waals surface area (Å²) in [5.41, 5.74) is 8.65. The highest BCUT2D eigenvalue weighted by atomic mass is 127. The molecule has 0 aliphatic carbocycles. The molecule has 0 atom stereocenters. The maximum Gasteiger partial charge on any atom is 0.191 e. The Morgan fingerprint density at radius 3 is 2.45 bits per heavy atom. The SMILES string of the molecule is CN(C)c1ccc(CCCN=C(N)N2CCSCC2)cc1.I. The quantitative estimate of drug-likeness (QED) is 0.335. The Kier molecular flexibility index (Phi) is 9.00. The van der Waals surface area contributed by atoms with Crippen molar-refractivity contribution in [3.8, 4) is 0 Å². The van der Waals surface area contributed by atoms with Crippen molar-refractivity contribution >= 4 is 47.4 Å². The Balaban J connectivity index is 0.00000242. The zero-order chi connectivity index (χ0) is 15.1. The van der Waals surface area contributed by atoms with Crippen LogP contribution in [-0.4, -0.2) is 56.1 Å². The molecular formula is C16H27IN4S. The lowest BCUT2D eigenvalue weighted by Crippen LogP contribution is -2.42. The number of aliphatic imine (C=N–C) groups is 1. The first kappa shape index (κ1) is 19.4. The van der Waals surface area contributed by atoms with Crippen LogP contribution in [-0.2, 0) is 6.42 Å². The summed E-state index contributed by atoms with van der Waals surface area (Å²) in [4.78, 5) is 8.83. The minimum atomic E-state index is 0. The van der Waals surface area contributed by atoms with Crippen LogP contribution in [0.25, 0.3) is 0 Å². The molecule has 2 rings (SSSR count). The summed E-state index contributed by atoms with van der Waals surface area (Å²) in [6.45, 7) is 2.88. The summed E-state index contributed by atoms with van der Waals surface area (Å²) < 4.78 is 0. The molecule has 6 heteroatoms. The molecule has 1 aliphatic heterocycles. The average Bonchev–Trinajstić information content (AvgIpc) is 2.52. The number of halogens is 1. The molecule has 0 saturated carbocycles. The molecule has 1 aromatic rings. The van der Waals surface area contributed by atoms with Crippen molar-refractivity contribution in [3.63, 3.8) is 0 Å². The molecule has 22 heavy (non-hydrogen) atoms. The Hall–Kier alpha value is -0.630. The summed E-state index contributed by atoms with van der Waals surface area (Å²) in [5, 5.41) is 0. The highest BCUT2D eigenvalue weighted by Crippen LogP contribution is 2.13. The van der Waals surface area contributed by atoms with Crippen molar-refractivity contribution in [1.29, 1.82) is 0 Å². The fraction of sp³-hybridized carbons (Fsp3) is 0.562. The van der Waals surface area contributed by atoms with Crippen LogP contribution >= 0.6 is 35.7 Å². The van der Waals surface area contributed by atoms with Gasteiger partial charge in [0.25, 0.3) is 0 Å². The molecule has 1 heterocycles. The van der Waals surface area contributed by atoms with Gasteiger partial charge in [-0.25, -0.2) is 0 Å². The van der Waals surface area contributed by atoms with Crippen molar-refractivity contribution in [2.75, 3.05) is 50.1 Å². The predicted molar refractivity (Wildman–Crippen MR) is 110 cm³/mol.